The minimum Gasteiger partial charge on any atom is -0.506 e. The minimum absolute atomic E-state index is 0.0306. The molecule has 0 saturated carbocycles. The van der Waals surface area contributed by atoms with E-state index in [1.807, 2.05) is 60.4 Å². The number of rotatable bonds is 14. The number of phenols is 1. The third-order valence-corrected chi connectivity index (χ3v) is 11.8. The van der Waals surface area contributed by atoms with Crippen molar-refractivity contribution in [1.82, 2.24) is 20.1 Å². The van der Waals surface area contributed by atoms with Gasteiger partial charge in [0, 0.05) is 43.2 Å². The lowest BCUT2D eigenvalue weighted by Gasteiger charge is -2.46. The SMILES string of the molecule is Cc1cc(C(=O)N2CCC(C(=O)O[C@H]3CN4CCC3CC4)(c3ccccc3)CC2)ccc1OCCCCCNCC(O)c1ccc(O)c2[nH]c(=O)ccc12. The van der Waals surface area contributed by atoms with Crippen molar-refractivity contribution in [2.24, 2.45) is 5.92 Å². The molecule has 3 aromatic carbocycles. The van der Waals surface area contributed by atoms with Crippen molar-refractivity contribution in [2.45, 2.75) is 69.5 Å². The van der Waals surface area contributed by atoms with Crippen molar-refractivity contribution in [3.8, 4) is 11.5 Å². The molecule has 5 heterocycles. The maximum Gasteiger partial charge on any atom is 0.317 e. The monoisotopic (exact) mass is 736 g/mol. The van der Waals surface area contributed by atoms with Gasteiger partial charge in [-0.2, -0.15) is 0 Å². The van der Waals surface area contributed by atoms with Crippen LogP contribution in [0.2, 0.25) is 0 Å². The number of nitrogens with zero attached hydrogens (tertiary/aromatic N) is 2. The number of piperidine rings is 4. The largest absolute Gasteiger partial charge is 0.506 e. The molecule has 1 aromatic heterocycles. The molecule has 1 amide bonds. The van der Waals surface area contributed by atoms with Gasteiger partial charge < -0.3 is 34.9 Å². The Bertz CT molecular complexity index is 1980. The topological polar surface area (TPSA) is 144 Å². The molecular formula is C43H52N4O7. The number of aliphatic hydroxyl groups is 1. The van der Waals surface area contributed by atoms with Crippen LogP contribution >= 0.6 is 0 Å². The first kappa shape index (κ1) is 37.6. The lowest BCUT2D eigenvalue weighted by Crippen LogP contribution is -2.55. The molecule has 4 N–H and O–H groups in total. The van der Waals surface area contributed by atoms with Crippen molar-refractivity contribution in [3.05, 3.63) is 105 Å². The Labute approximate surface area is 316 Å². The van der Waals surface area contributed by atoms with Crippen LogP contribution in [0, 0.1) is 12.8 Å². The first-order chi connectivity index (χ1) is 26.2. The van der Waals surface area contributed by atoms with E-state index in [0.717, 1.165) is 75.2 Å². The molecule has 2 bridgehead atoms. The highest BCUT2D eigenvalue weighted by atomic mass is 16.5. The highest BCUT2D eigenvalue weighted by Gasteiger charge is 2.47. The van der Waals surface area contributed by atoms with Gasteiger partial charge in [-0.3, -0.25) is 19.3 Å². The number of esters is 1. The van der Waals surface area contributed by atoms with Crippen LogP contribution in [0.25, 0.3) is 10.9 Å². The van der Waals surface area contributed by atoms with E-state index < -0.39 is 11.5 Å². The van der Waals surface area contributed by atoms with E-state index >= 15 is 0 Å². The fourth-order valence-electron chi connectivity index (χ4n) is 8.49. The Balaban J connectivity index is 0.852. The van der Waals surface area contributed by atoms with Gasteiger partial charge in [0.25, 0.3) is 5.91 Å². The molecule has 0 aliphatic carbocycles. The second-order valence-corrected chi connectivity index (χ2v) is 15.2. The van der Waals surface area contributed by atoms with Gasteiger partial charge in [0.2, 0.25) is 5.56 Å². The van der Waals surface area contributed by atoms with Crippen LogP contribution in [-0.2, 0) is 14.9 Å². The van der Waals surface area contributed by atoms with E-state index in [2.05, 4.69) is 15.2 Å². The summed E-state index contributed by atoms with van der Waals surface area (Å²) < 4.78 is 12.4. The summed E-state index contributed by atoms with van der Waals surface area (Å²) >= 11 is 0. The number of aromatic hydroxyl groups is 1. The van der Waals surface area contributed by atoms with Crippen LogP contribution in [0.15, 0.2) is 77.6 Å². The average molecular weight is 737 g/mol. The van der Waals surface area contributed by atoms with Crippen LogP contribution < -0.4 is 15.6 Å². The quantitative estimate of drug-likeness (QED) is 0.101. The third-order valence-electron chi connectivity index (χ3n) is 11.8. The second-order valence-electron chi connectivity index (χ2n) is 15.2. The minimum atomic E-state index is -0.790. The molecule has 0 radical (unpaired) electrons. The molecule has 4 aliphatic heterocycles. The Morgan fingerprint density at radius 2 is 1.74 bits per heavy atom. The number of pyridine rings is 1. The van der Waals surface area contributed by atoms with Crippen LogP contribution in [0.3, 0.4) is 0 Å². The summed E-state index contributed by atoms with van der Waals surface area (Å²) in [4.78, 5) is 46.3. The van der Waals surface area contributed by atoms with Gasteiger partial charge in [0.05, 0.1) is 23.6 Å². The molecule has 4 fully saturated rings. The number of fused-ring (bicyclic) bond motifs is 4. The molecule has 11 nitrogen and oxygen atoms in total. The number of unbranched alkanes of at least 4 members (excludes halogenated alkanes) is 2. The number of H-pyrrole nitrogens is 1. The number of nitrogens with one attached hydrogen (secondary N) is 2. The van der Waals surface area contributed by atoms with Crippen molar-refractivity contribution in [2.75, 3.05) is 52.4 Å². The number of likely N-dealkylation sites (tertiary alicyclic amines) is 1. The predicted octanol–water partition coefficient (Wildman–Crippen LogP) is 5.23. The van der Waals surface area contributed by atoms with Crippen molar-refractivity contribution < 1.29 is 29.3 Å². The van der Waals surface area contributed by atoms with Gasteiger partial charge in [-0.1, -0.05) is 36.4 Å². The zero-order valence-corrected chi connectivity index (χ0v) is 31.1. The van der Waals surface area contributed by atoms with Crippen LogP contribution in [0.4, 0.5) is 0 Å². The lowest BCUT2D eigenvalue weighted by molar-refractivity contribution is -0.167. The maximum absolute atomic E-state index is 14.0. The number of hydrogen-bond acceptors (Lipinski definition) is 9. The number of ether oxygens (including phenoxy) is 2. The van der Waals surface area contributed by atoms with E-state index in [1.54, 1.807) is 12.1 Å². The Morgan fingerprint density at radius 1 is 0.963 bits per heavy atom. The van der Waals surface area contributed by atoms with E-state index in [9.17, 15) is 24.6 Å². The van der Waals surface area contributed by atoms with Gasteiger partial charge in [-0.25, -0.2) is 0 Å². The predicted molar refractivity (Wildman–Crippen MR) is 207 cm³/mol. The summed E-state index contributed by atoms with van der Waals surface area (Å²) in [6, 6.07) is 21.7. The number of aliphatic hydroxyl groups excluding tert-OH is 1. The molecule has 0 spiro atoms. The van der Waals surface area contributed by atoms with Gasteiger partial charge in [0.1, 0.15) is 17.6 Å². The van der Waals surface area contributed by atoms with E-state index in [0.29, 0.717) is 67.0 Å². The molecule has 2 atom stereocenters. The lowest BCUT2D eigenvalue weighted by atomic mass is 9.72. The van der Waals surface area contributed by atoms with Crippen molar-refractivity contribution in [1.29, 1.82) is 0 Å². The number of benzene rings is 3. The highest BCUT2D eigenvalue weighted by Crippen LogP contribution is 2.40. The van der Waals surface area contributed by atoms with Crippen LogP contribution in [0.1, 0.15) is 78.1 Å². The number of carbonyl (C=O) groups excluding carboxylic acids is 2. The Morgan fingerprint density at radius 3 is 2.46 bits per heavy atom. The molecule has 54 heavy (non-hydrogen) atoms. The molecule has 4 saturated heterocycles. The number of hydrogen-bond donors (Lipinski definition) is 4. The van der Waals surface area contributed by atoms with Gasteiger partial charge in [-0.15, -0.1) is 0 Å². The number of phenolic OH excluding ortho intramolecular Hbond substituents is 1. The molecule has 286 valence electrons. The summed E-state index contributed by atoms with van der Waals surface area (Å²) in [5.41, 5.74) is 2.37. The standard InChI is InChI=1S/C43H52N4O7/c1-29-26-31(10-14-37(29)53-25-7-3-6-20-44-27-36(49)33-11-13-35(48)40-34(33)12-15-39(50)45-40)41(51)47-23-18-43(19-24-47,32-8-4-2-5-9-32)42(52)54-38-28-46-21-16-30(38)17-22-46/h2,4-5,8-15,26,30,36,38,44,48-49H,3,6-7,16-25,27-28H2,1H3,(H,45,50)/t36?,38-/m0/s1. The molecule has 1 unspecified atom stereocenters. The maximum atomic E-state index is 14.0. The van der Waals surface area contributed by atoms with Gasteiger partial charge in [0.15, 0.2) is 0 Å². The summed E-state index contributed by atoms with van der Waals surface area (Å²) in [7, 11) is 0. The van der Waals surface area contributed by atoms with Crippen molar-refractivity contribution in [3.63, 3.8) is 0 Å². The molecule has 11 heteroatoms. The smallest absolute Gasteiger partial charge is 0.317 e. The average Bonchev–Trinajstić information content (AvgIpc) is 3.20. The highest BCUT2D eigenvalue weighted by molar-refractivity contribution is 5.95. The normalized spacial score (nSPS) is 21.1. The summed E-state index contributed by atoms with van der Waals surface area (Å²) in [6.07, 6.45) is 5.08. The summed E-state index contributed by atoms with van der Waals surface area (Å²) in [5, 5.41) is 24.7. The molecule has 4 aliphatic rings. The molecular weight excluding hydrogens is 684 g/mol. The Hall–Kier alpha value is -4.71. The Kier molecular flexibility index (Phi) is 11.7. The summed E-state index contributed by atoms with van der Waals surface area (Å²) in [6.45, 7) is 7.54. The van der Waals surface area contributed by atoms with Crippen LogP contribution in [0.5, 0.6) is 11.5 Å². The number of carbonyl (C=O) groups is 2. The molecule has 8 rings (SSSR count). The number of amides is 1. The van der Waals surface area contributed by atoms with E-state index in [4.69, 9.17) is 9.47 Å². The zero-order valence-electron chi connectivity index (χ0n) is 31.1. The van der Waals surface area contributed by atoms with Crippen LogP contribution in [-0.4, -0.2) is 95.4 Å². The third kappa shape index (κ3) is 8.18. The van der Waals surface area contributed by atoms with E-state index in [1.165, 1.54) is 12.1 Å². The summed E-state index contributed by atoms with van der Waals surface area (Å²) in [5.74, 6) is 0.981. The zero-order chi connectivity index (χ0) is 37.7. The van der Waals surface area contributed by atoms with E-state index in [-0.39, 0.29) is 29.3 Å². The second kappa shape index (κ2) is 16.8. The number of aromatic nitrogens is 1. The number of aryl methyl sites for hydroxylation is 1. The number of aromatic amines is 1. The molecule has 4 aromatic rings. The first-order valence-corrected chi connectivity index (χ1v) is 19.5. The fraction of sp³-hybridized carbons (Fsp3) is 0.465. The van der Waals surface area contributed by atoms with Gasteiger partial charge in [-0.05, 0) is 124 Å². The first-order valence-electron chi connectivity index (χ1n) is 19.5. The van der Waals surface area contributed by atoms with Crippen molar-refractivity contribution >= 4 is 22.8 Å². The van der Waals surface area contributed by atoms with Gasteiger partial charge >= 0.3 is 5.97 Å². The fourth-order valence-corrected chi connectivity index (χ4v) is 8.49.